The second-order valence-corrected chi connectivity index (χ2v) is 7.52. The molecule has 1 amide bonds. The van der Waals surface area contributed by atoms with Gasteiger partial charge in [0.05, 0.1) is 31.0 Å². The molecule has 2 aliphatic rings. The highest BCUT2D eigenvalue weighted by Gasteiger charge is 2.33. The van der Waals surface area contributed by atoms with Crippen molar-refractivity contribution in [3.63, 3.8) is 0 Å². The molecule has 6 heteroatoms. The summed E-state index contributed by atoms with van der Waals surface area (Å²) in [4.78, 5) is 17.1. The smallest absolute Gasteiger partial charge is 0.239 e. The van der Waals surface area contributed by atoms with E-state index in [0.717, 1.165) is 17.1 Å². The lowest BCUT2D eigenvalue weighted by molar-refractivity contribution is -0.151. The van der Waals surface area contributed by atoms with Gasteiger partial charge in [0.15, 0.2) is 0 Å². The number of carbonyl (C=O) groups is 1. The van der Waals surface area contributed by atoms with Gasteiger partial charge in [-0.05, 0) is 38.5 Å². The third-order valence-corrected chi connectivity index (χ3v) is 5.23. The molecular formula is C19H27ClN2O3. The molecule has 0 aromatic heterocycles. The molecule has 0 saturated carbocycles. The Hall–Kier alpha value is -1.14. The van der Waals surface area contributed by atoms with Crippen LogP contribution in [0.4, 0.5) is 0 Å². The third-order valence-electron chi connectivity index (χ3n) is 4.98. The number of morpholine rings is 2. The SMILES string of the molecule is CC1CN(C(=O)C(C)N2CCOC(c3ccc(Cl)cc3)C2)CC(C)O1. The third kappa shape index (κ3) is 4.53. The summed E-state index contributed by atoms with van der Waals surface area (Å²) >= 11 is 5.97. The Balaban J connectivity index is 1.64. The molecule has 25 heavy (non-hydrogen) atoms. The van der Waals surface area contributed by atoms with Crippen molar-refractivity contribution in [3.05, 3.63) is 34.9 Å². The van der Waals surface area contributed by atoms with E-state index >= 15 is 0 Å². The standard InChI is InChI=1S/C19H27ClN2O3/c1-13-10-22(11-14(2)25-13)19(23)15(3)21-8-9-24-18(12-21)16-4-6-17(20)7-5-16/h4-7,13-15,18H,8-12H2,1-3H3. The fourth-order valence-electron chi connectivity index (χ4n) is 3.68. The Labute approximate surface area is 154 Å². The minimum atomic E-state index is -0.156. The molecule has 4 atom stereocenters. The van der Waals surface area contributed by atoms with Crippen molar-refractivity contribution in [3.8, 4) is 0 Å². The Kier molecular flexibility index (Phi) is 6.00. The molecule has 5 nitrogen and oxygen atoms in total. The van der Waals surface area contributed by atoms with Crippen LogP contribution >= 0.6 is 11.6 Å². The summed E-state index contributed by atoms with van der Waals surface area (Å²) in [6.07, 6.45) is 0.154. The number of halogens is 1. The lowest BCUT2D eigenvalue weighted by atomic mass is 10.1. The Morgan fingerprint density at radius 1 is 1.16 bits per heavy atom. The molecule has 2 heterocycles. The van der Waals surface area contributed by atoms with Crippen LogP contribution in [0.25, 0.3) is 0 Å². The summed E-state index contributed by atoms with van der Waals surface area (Å²) in [7, 11) is 0. The van der Waals surface area contributed by atoms with Crippen LogP contribution in [0.1, 0.15) is 32.4 Å². The molecular weight excluding hydrogens is 340 g/mol. The van der Waals surface area contributed by atoms with Crippen molar-refractivity contribution in [1.29, 1.82) is 0 Å². The van der Waals surface area contributed by atoms with Gasteiger partial charge >= 0.3 is 0 Å². The maximum absolute atomic E-state index is 12.9. The molecule has 0 aliphatic carbocycles. The van der Waals surface area contributed by atoms with Crippen LogP contribution in [0.5, 0.6) is 0 Å². The van der Waals surface area contributed by atoms with Crippen molar-refractivity contribution in [2.45, 2.75) is 45.1 Å². The molecule has 0 N–H and O–H groups in total. The van der Waals surface area contributed by atoms with Gasteiger partial charge in [0.1, 0.15) is 0 Å². The highest BCUT2D eigenvalue weighted by molar-refractivity contribution is 6.30. The highest BCUT2D eigenvalue weighted by Crippen LogP contribution is 2.25. The first-order valence-electron chi connectivity index (χ1n) is 8.99. The zero-order chi connectivity index (χ0) is 18.0. The van der Waals surface area contributed by atoms with Crippen LogP contribution in [0.15, 0.2) is 24.3 Å². The molecule has 3 rings (SSSR count). The lowest BCUT2D eigenvalue weighted by Crippen LogP contribution is -2.56. The fourth-order valence-corrected chi connectivity index (χ4v) is 3.80. The summed E-state index contributed by atoms with van der Waals surface area (Å²) in [6, 6.07) is 7.59. The van der Waals surface area contributed by atoms with Crippen LogP contribution in [0.3, 0.4) is 0 Å². The summed E-state index contributed by atoms with van der Waals surface area (Å²) in [5.41, 5.74) is 1.10. The molecule has 0 spiro atoms. The van der Waals surface area contributed by atoms with E-state index in [2.05, 4.69) is 4.90 Å². The largest absolute Gasteiger partial charge is 0.372 e. The number of benzene rings is 1. The molecule has 2 fully saturated rings. The molecule has 0 radical (unpaired) electrons. The maximum Gasteiger partial charge on any atom is 0.239 e. The normalized spacial score (nSPS) is 29.4. The average molecular weight is 367 g/mol. The number of rotatable bonds is 3. The summed E-state index contributed by atoms with van der Waals surface area (Å²) < 4.78 is 11.7. The minimum absolute atomic E-state index is 0.0243. The molecule has 1 aromatic carbocycles. The number of nitrogens with zero attached hydrogens (tertiary/aromatic N) is 2. The van der Waals surface area contributed by atoms with Gasteiger partial charge in [-0.3, -0.25) is 9.69 Å². The quantitative estimate of drug-likeness (QED) is 0.825. The van der Waals surface area contributed by atoms with Crippen LogP contribution < -0.4 is 0 Å². The lowest BCUT2D eigenvalue weighted by Gasteiger charge is -2.41. The zero-order valence-corrected chi connectivity index (χ0v) is 15.9. The maximum atomic E-state index is 12.9. The topological polar surface area (TPSA) is 42.0 Å². The highest BCUT2D eigenvalue weighted by atomic mass is 35.5. The van der Waals surface area contributed by atoms with Gasteiger partial charge in [0.2, 0.25) is 5.91 Å². The van der Waals surface area contributed by atoms with E-state index in [1.807, 2.05) is 49.9 Å². The summed E-state index contributed by atoms with van der Waals surface area (Å²) in [5, 5.41) is 0.718. The number of amides is 1. The van der Waals surface area contributed by atoms with Crippen LogP contribution in [-0.2, 0) is 14.3 Å². The fraction of sp³-hybridized carbons (Fsp3) is 0.632. The van der Waals surface area contributed by atoms with Crippen molar-refractivity contribution in [2.24, 2.45) is 0 Å². The molecule has 0 bridgehead atoms. The predicted molar refractivity (Wildman–Crippen MR) is 97.8 cm³/mol. The second-order valence-electron chi connectivity index (χ2n) is 7.08. The van der Waals surface area contributed by atoms with Gasteiger partial charge in [0, 0.05) is 31.2 Å². The van der Waals surface area contributed by atoms with E-state index in [1.54, 1.807) is 0 Å². The van der Waals surface area contributed by atoms with E-state index in [4.69, 9.17) is 21.1 Å². The van der Waals surface area contributed by atoms with Gasteiger partial charge in [-0.25, -0.2) is 0 Å². The Morgan fingerprint density at radius 3 is 2.44 bits per heavy atom. The molecule has 1 aromatic rings. The predicted octanol–water partition coefficient (Wildman–Crippen LogP) is 2.74. The molecule has 138 valence electrons. The second kappa shape index (κ2) is 8.04. The summed E-state index contributed by atoms with van der Waals surface area (Å²) in [6.45, 7) is 9.48. The zero-order valence-electron chi connectivity index (χ0n) is 15.2. The van der Waals surface area contributed by atoms with Crippen LogP contribution in [0, 0.1) is 0 Å². The molecule has 2 aliphatic heterocycles. The first kappa shape index (κ1) is 18.6. The van der Waals surface area contributed by atoms with E-state index in [1.165, 1.54) is 0 Å². The number of hydrogen-bond acceptors (Lipinski definition) is 4. The van der Waals surface area contributed by atoms with Crippen LogP contribution in [-0.4, -0.2) is 66.7 Å². The van der Waals surface area contributed by atoms with E-state index in [0.29, 0.717) is 26.2 Å². The van der Waals surface area contributed by atoms with Crippen LogP contribution in [0.2, 0.25) is 5.02 Å². The number of ether oxygens (including phenoxy) is 2. The van der Waals surface area contributed by atoms with Crippen molar-refractivity contribution >= 4 is 17.5 Å². The van der Waals surface area contributed by atoms with Gasteiger partial charge in [-0.2, -0.15) is 0 Å². The van der Waals surface area contributed by atoms with E-state index < -0.39 is 0 Å². The first-order chi connectivity index (χ1) is 11.9. The number of hydrogen-bond donors (Lipinski definition) is 0. The molecule has 4 unspecified atom stereocenters. The van der Waals surface area contributed by atoms with Gasteiger partial charge in [-0.1, -0.05) is 23.7 Å². The van der Waals surface area contributed by atoms with Crippen molar-refractivity contribution in [2.75, 3.05) is 32.8 Å². The first-order valence-corrected chi connectivity index (χ1v) is 9.37. The Bertz CT molecular complexity index is 585. The Morgan fingerprint density at radius 2 is 1.80 bits per heavy atom. The van der Waals surface area contributed by atoms with Crippen molar-refractivity contribution in [1.82, 2.24) is 9.80 Å². The number of carbonyl (C=O) groups excluding carboxylic acids is 1. The molecule has 2 saturated heterocycles. The van der Waals surface area contributed by atoms with Gasteiger partial charge in [0.25, 0.3) is 0 Å². The van der Waals surface area contributed by atoms with Gasteiger partial charge in [-0.15, -0.1) is 0 Å². The average Bonchev–Trinajstić information content (AvgIpc) is 2.60. The minimum Gasteiger partial charge on any atom is -0.372 e. The van der Waals surface area contributed by atoms with E-state index in [-0.39, 0.29) is 30.3 Å². The monoisotopic (exact) mass is 366 g/mol. The van der Waals surface area contributed by atoms with Crippen molar-refractivity contribution < 1.29 is 14.3 Å². The van der Waals surface area contributed by atoms with Gasteiger partial charge < -0.3 is 14.4 Å². The summed E-state index contributed by atoms with van der Waals surface area (Å²) in [5.74, 6) is 0.179. The van der Waals surface area contributed by atoms with E-state index in [9.17, 15) is 4.79 Å².